The highest BCUT2D eigenvalue weighted by Gasteiger charge is 2.35. The first-order chi connectivity index (χ1) is 18.1. The summed E-state index contributed by atoms with van der Waals surface area (Å²) in [7, 11) is 0. The van der Waals surface area contributed by atoms with Gasteiger partial charge in [-0.1, -0.05) is 35.9 Å². The molecule has 9 nitrogen and oxygen atoms in total. The molecule has 0 fully saturated rings. The Morgan fingerprint density at radius 1 is 1.08 bits per heavy atom. The Morgan fingerprint density at radius 2 is 1.79 bits per heavy atom. The number of rotatable bonds is 9. The zero-order chi connectivity index (χ0) is 27.3. The first kappa shape index (κ1) is 27.0. The molecule has 1 atom stereocenters. The lowest BCUT2D eigenvalue weighted by molar-refractivity contribution is -0.128. The fourth-order valence-corrected chi connectivity index (χ4v) is 4.70. The minimum Gasteiger partial charge on any atom is -0.494 e. The molecule has 198 valence electrons. The van der Waals surface area contributed by atoms with E-state index in [9.17, 15) is 9.59 Å². The fourth-order valence-electron chi connectivity index (χ4n) is 3.89. The number of carbonyl (C=O) groups is 2. The Labute approximate surface area is 226 Å². The molecule has 2 aromatic heterocycles. The first-order valence-electron chi connectivity index (χ1n) is 12.4. The molecule has 0 bridgehead atoms. The van der Waals surface area contributed by atoms with Gasteiger partial charge >= 0.3 is 0 Å². The van der Waals surface area contributed by atoms with Crippen molar-refractivity contribution in [2.24, 2.45) is 0 Å². The SMILES string of the molecule is CCOc1ccc(N(C(=O)Cn2nnc(-c3ccc(C)cc3)n2)[C@H](C(=O)NC(C)(C)C)c2cccs2)cc1. The van der Waals surface area contributed by atoms with Crippen molar-refractivity contribution in [1.29, 1.82) is 0 Å². The van der Waals surface area contributed by atoms with Gasteiger partial charge in [0.2, 0.25) is 11.7 Å². The molecule has 0 aliphatic rings. The predicted octanol–water partition coefficient (Wildman–Crippen LogP) is 4.80. The summed E-state index contributed by atoms with van der Waals surface area (Å²) in [6.45, 7) is 9.96. The molecule has 38 heavy (non-hydrogen) atoms. The van der Waals surface area contributed by atoms with Crippen LogP contribution in [0.15, 0.2) is 66.0 Å². The maximum atomic E-state index is 13.9. The second-order valence-corrected chi connectivity index (χ2v) is 10.8. The Kier molecular flexibility index (Phi) is 8.21. The van der Waals surface area contributed by atoms with E-state index in [1.807, 2.05) is 76.4 Å². The standard InChI is InChI=1S/C28H32N6O3S/c1-6-37-22-15-13-21(14-16-22)34(25(23-8-7-17-38-23)27(36)29-28(3,4)5)24(35)18-33-31-26(30-32-33)20-11-9-19(2)10-12-20/h7-17,25H,6,18H2,1-5H3,(H,29,36)/t25-/m0/s1. The summed E-state index contributed by atoms with van der Waals surface area (Å²) in [5.41, 5.74) is 1.99. The third-order valence-corrected chi connectivity index (χ3v) is 6.48. The van der Waals surface area contributed by atoms with Gasteiger partial charge in [-0.2, -0.15) is 4.80 Å². The molecule has 10 heteroatoms. The van der Waals surface area contributed by atoms with Gasteiger partial charge in [-0.05, 0) is 75.5 Å². The summed E-state index contributed by atoms with van der Waals surface area (Å²) in [6.07, 6.45) is 0. The van der Waals surface area contributed by atoms with Crippen molar-refractivity contribution >= 4 is 28.8 Å². The predicted molar refractivity (Wildman–Crippen MR) is 148 cm³/mol. The van der Waals surface area contributed by atoms with E-state index in [2.05, 4.69) is 20.7 Å². The molecular weight excluding hydrogens is 500 g/mol. The maximum Gasteiger partial charge on any atom is 0.251 e. The van der Waals surface area contributed by atoms with Gasteiger partial charge in [-0.15, -0.1) is 21.5 Å². The minimum absolute atomic E-state index is 0.198. The quantitative estimate of drug-likeness (QED) is 0.332. The van der Waals surface area contributed by atoms with Crippen LogP contribution in [0.3, 0.4) is 0 Å². The van der Waals surface area contributed by atoms with E-state index < -0.39 is 11.6 Å². The van der Waals surface area contributed by atoms with Crippen LogP contribution in [0, 0.1) is 6.92 Å². The van der Waals surface area contributed by atoms with Crippen molar-refractivity contribution in [3.05, 3.63) is 76.5 Å². The van der Waals surface area contributed by atoms with Crippen molar-refractivity contribution in [2.45, 2.75) is 52.7 Å². The van der Waals surface area contributed by atoms with Crippen LogP contribution in [0.25, 0.3) is 11.4 Å². The van der Waals surface area contributed by atoms with E-state index in [0.717, 1.165) is 16.0 Å². The van der Waals surface area contributed by atoms with E-state index >= 15 is 0 Å². The van der Waals surface area contributed by atoms with Crippen LogP contribution in [0.5, 0.6) is 5.75 Å². The lowest BCUT2D eigenvalue weighted by atomic mass is 10.1. The number of carbonyl (C=O) groups excluding carboxylic acids is 2. The van der Waals surface area contributed by atoms with E-state index in [1.54, 1.807) is 24.3 Å². The van der Waals surface area contributed by atoms with Crippen molar-refractivity contribution in [3.63, 3.8) is 0 Å². The summed E-state index contributed by atoms with van der Waals surface area (Å²) >= 11 is 1.42. The number of hydrogen-bond donors (Lipinski definition) is 1. The number of ether oxygens (including phenoxy) is 1. The molecule has 0 saturated carbocycles. The number of hydrogen-bond acceptors (Lipinski definition) is 7. The topological polar surface area (TPSA) is 102 Å². The van der Waals surface area contributed by atoms with Gasteiger partial charge < -0.3 is 10.1 Å². The number of nitrogens with one attached hydrogen (secondary N) is 1. The zero-order valence-electron chi connectivity index (χ0n) is 22.2. The highest BCUT2D eigenvalue weighted by Crippen LogP contribution is 2.32. The summed E-state index contributed by atoms with van der Waals surface area (Å²) in [5, 5.41) is 17.6. The molecule has 1 N–H and O–H groups in total. The monoisotopic (exact) mass is 532 g/mol. The van der Waals surface area contributed by atoms with Crippen LogP contribution >= 0.6 is 11.3 Å². The third-order valence-electron chi connectivity index (χ3n) is 5.55. The number of amides is 2. The van der Waals surface area contributed by atoms with Gasteiger partial charge in [0.25, 0.3) is 5.91 Å². The average Bonchev–Trinajstić information content (AvgIpc) is 3.55. The molecule has 2 heterocycles. The van der Waals surface area contributed by atoms with Crippen LogP contribution in [0.4, 0.5) is 5.69 Å². The molecule has 4 aromatic rings. The Bertz CT molecular complexity index is 1360. The second kappa shape index (κ2) is 11.6. The number of tetrazole rings is 1. The number of aromatic nitrogens is 4. The lowest BCUT2D eigenvalue weighted by Crippen LogP contribution is -2.50. The van der Waals surface area contributed by atoms with Crippen molar-refractivity contribution in [2.75, 3.05) is 11.5 Å². The minimum atomic E-state index is -0.889. The molecule has 2 amide bonds. The molecule has 0 aliphatic carbocycles. The maximum absolute atomic E-state index is 13.9. The van der Waals surface area contributed by atoms with Crippen LogP contribution < -0.4 is 15.0 Å². The van der Waals surface area contributed by atoms with Crippen molar-refractivity contribution in [3.8, 4) is 17.1 Å². The fraction of sp³-hybridized carbons (Fsp3) is 0.321. The molecule has 0 radical (unpaired) electrons. The molecule has 4 rings (SSSR count). The van der Waals surface area contributed by atoms with E-state index in [0.29, 0.717) is 23.9 Å². The van der Waals surface area contributed by atoms with Crippen LogP contribution in [0.1, 0.15) is 44.2 Å². The summed E-state index contributed by atoms with van der Waals surface area (Å²) in [6, 6.07) is 17.7. The molecular formula is C28H32N6O3S. The lowest BCUT2D eigenvalue weighted by Gasteiger charge is -2.33. The number of nitrogens with zero attached hydrogens (tertiary/aromatic N) is 5. The summed E-state index contributed by atoms with van der Waals surface area (Å²) < 4.78 is 5.58. The largest absolute Gasteiger partial charge is 0.494 e. The normalized spacial score (nSPS) is 12.1. The van der Waals surface area contributed by atoms with Crippen molar-refractivity contribution < 1.29 is 14.3 Å². The second-order valence-electron chi connectivity index (χ2n) is 9.86. The molecule has 0 unspecified atom stereocenters. The summed E-state index contributed by atoms with van der Waals surface area (Å²) in [5.74, 6) is 0.459. The van der Waals surface area contributed by atoms with E-state index in [1.165, 1.54) is 21.0 Å². The number of thiophene rings is 1. The van der Waals surface area contributed by atoms with Gasteiger partial charge in [0, 0.05) is 21.7 Å². The molecule has 2 aromatic carbocycles. The first-order valence-corrected chi connectivity index (χ1v) is 13.3. The molecule has 0 spiro atoms. The average molecular weight is 533 g/mol. The Balaban J connectivity index is 1.70. The smallest absolute Gasteiger partial charge is 0.251 e. The van der Waals surface area contributed by atoms with Crippen LogP contribution in [-0.4, -0.2) is 44.2 Å². The van der Waals surface area contributed by atoms with Gasteiger partial charge in [-0.3, -0.25) is 14.5 Å². The van der Waals surface area contributed by atoms with Gasteiger partial charge in [0.1, 0.15) is 18.3 Å². The highest BCUT2D eigenvalue weighted by atomic mass is 32.1. The molecule has 0 saturated heterocycles. The van der Waals surface area contributed by atoms with Crippen molar-refractivity contribution in [1.82, 2.24) is 25.5 Å². The van der Waals surface area contributed by atoms with Crippen LogP contribution in [0.2, 0.25) is 0 Å². The third kappa shape index (κ3) is 6.63. The van der Waals surface area contributed by atoms with Gasteiger partial charge in [0.15, 0.2) is 0 Å². The number of aryl methyl sites for hydroxylation is 1. The van der Waals surface area contributed by atoms with Gasteiger partial charge in [-0.25, -0.2) is 0 Å². The van der Waals surface area contributed by atoms with E-state index in [-0.39, 0.29) is 18.4 Å². The molecule has 0 aliphatic heterocycles. The van der Waals surface area contributed by atoms with Gasteiger partial charge in [0.05, 0.1) is 6.61 Å². The zero-order valence-corrected chi connectivity index (χ0v) is 23.0. The Hall–Kier alpha value is -4.05. The van der Waals surface area contributed by atoms with Crippen LogP contribution in [-0.2, 0) is 16.1 Å². The number of benzene rings is 2. The van der Waals surface area contributed by atoms with E-state index in [4.69, 9.17) is 4.74 Å². The number of anilines is 1. The highest BCUT2D eigenvalue weighted by molar-refractivity contribution is 7.10. The Morgan fingerprint density at radius 3 is 2.39 bits per heavy atom. The summed E-state index contributed by atoms with van der Waals surface area (Å²) in [4.78, 5) is 31.0.